The Morgan fingerprint density at radius 2 is 1.53 bits per heavy atom. The zero-order chi connectivity index (χ0) is 12.4. The largest absolute Gasteiger partial charge is 0.388 e. The Bertz CT molecular complexity index is 355. The monoisotopic (exact) mass is 240 g/mol. The van der Waals surface area contributed by atoms with E-state index in [1.807, 2.05) is 30.3 Å². The molecule has 1 heterocycles. The van der Waals surface area contributed by atoms with Crippen molar-refractivity contribution in [1.29, 1.82) is 0 Å². The number of hydrogen-bond donors (Lipinski definition) is 4. The van der Waals surface area contributed by atoms with Crippen LogP contribution in [0.2, 0.25) is 0 Å². The van der Waals surface area contributed by atoms with Crippen molar-refractivity contribution in [2.45, 2.75) is 37.1 Å². The molecule has 1 saturated heterocycles. The standard InChI is InChI=1S/C12H16O5/c13-9-8(6-7-4-2-1-3-5-7)17-12(16)11(15)10(9)14/h1-5,8-16H,6H2/t8-,9+,10-,11+,12?/m0/s1. The van der Waals surface area contributed by atoms with Gasteiger partial charge in [0.1, 0.15) is 18.3 Å². The van der Waals surface area contributed by atoms with Crippen LogP contribution in [0, 0.1) is 0 Å². The van der Waals surface area contributed by atoms with Gasteiger partial charge in [-0.25, -0.2) is 0 Å². The van der Waals surface area contributed by atoms with Gasteiger partial charge in [0.2, 0.25) is 0 Å². The number of ether oxygens (including phenoxy) is 1. The fourth-order valence-electron chi connectivity index (χ4n) is 1.95. The van der Waals surface area contributed by atoms with E-state index in [1.165, 1.54) is 0 Å². The summed E-state index contributed by atoms with van der Waals surface area (Å²) in [5.41, 5.74) is 0.923. The van der Waals surface area contributed by atoms with Gasteiger partial charge in [-0.3, -0.25) is 0 Å². The van der Waals surface area contributed by atoms with E-state index >= 15 is 0 Å². The van der Waals surface area contributed by atoms with Crippen LogP contribution in [0.25, 0.3) is 0 Å². The third-order valence-corrected chi connectivity index (χ3v) is 2.97. The Labute approximate surface area is 98.9 Å². The molecule has 0 spiro atoms. The Hall–Kier alpha value is -0.980. The second-order valence-corrected chi connectivity index (χ2v) is 4.23. The fourth-order valence-corrected chi connectivity index (χ4v) is 1.95. The molecule has 2 rings (SSSR count). The van der Waals surface area contributed by atoms with Crippen molar-refractivity contribution in [3.05, 3.63) is 35.9 Å². The molecule has 1 aliphatic heterocycles. The summed E-state index contributed by atoms with van der Waals surface area (Å²) < 4.78 is 5.08. The van der Waals surface area contributed by atoms with Gasteiger partial charge in [0.15, 0.2) is 6.29 Å². The van der Waals surface area contributed by atoms with E-state index in [9.17, 15) is 20.4 Å². The molecule has 1 aromatic rings. The van der Waals surface area contributed by atoms with E-state index in [4.69, 9.17) is 4.74 Å². The summed E-state index contributed by atoms with van der Waals surface area (Å²) >= 11 is 0. The van der Waals surface area contributed by atoms with Crippen molar-refractivity contribution in [1.82, 2.24) is 0 Å². The molecule has 0 amide bonds. The smallest absolute Gasteiger partial charge is 0.183 e. The molecule has 1 fully saturated rings. The lowest BCUT2D eigenvalue weighted by atomic mass is 9.94. The SMILES string of the molecule is OC1O[C@@H](Cc2ccccc2)[C@@H](O)[C@H](O)[C@H]1O. The Kier molecular flexibility index (Phi) is 3.76. The molecule has 0 radical (unpaired) electrons. The van der Waals surface area contributed by atoms with E-state index in [0.29, 0.717) is 6.42 Å². The Morgan fingerprint density at radius 3 is 2.18 bits per heavy atom. The summed E-state index contributed by atoms with van der Waals surface area (Å²) in [6.45, 7) is 0. The van der Waals surface area contributed by atoms with E-state index in [2.05, 4.69) is 0 Å². The average molecular weight is 240 g/mol. The molecular weight excluding hydrogens is 224 g/mol. The second-order valence-electron chi connectivity index (χ2n) is 4.23. The topological polar surface area (TPSA) is 90.2 Å². The molecule has 0 aromatic heterocycles. The highest BCUT2D eigenvalue weighted by Gasteiger charge is 2.42. The minimum Gasteiger partial charge on any atom is -0.388 e. The molecule has 5 heteroatoms. The molecule has 1 aliphatic rings. The van der Waals surface area contributed by atoms with Crippen LogP contribution in [0.5, 0.6) is 0 Å². The lowest BCUT2D eigenvalue weighted by molar-refractivity contribution is -0.281. The van der Waals surface area contributed by atoms with E-state index < -0.39 is 30.7 Å². The van der Waals surface area contributed by atoms with Crippen molar-refractivity contribution in [3.8, 4) is 0 Å². The van der Waals surface area contributed by atoms with Gasteiger partial charge in [0, 0.05) is 6.42 Å². The third-order valence-electron chi connectivity index (χ3n) is 2.97. The molecule has 0 saturated carbocycles. The molecule has 1 unspecified atom stereocenters. The zero-order valence-corrected chi connectivity index (χ0v) is 9.18. The van der Waals surface area contributed by atoms with Crippen molar-refractivity contribution in [2.24, 2.45) is 0 Å². The van der Waals surface area contributed by atoms with Gasteiger partial charge in [0.25, 0.3) is 0 Å². The van der Waals surface area contributed by atoms with E-state index in [-0.39, 0.29) is 0 Å². The molecular formula is C12H16O5. The predicted molar refractivity (Wildman–Crippen MR) is 59.0 cm³/mol. The number of hydrogen-bond acceptors (Lipinski definition) is 5. The summed E-state index contributed by atoms with van der Waals surface area (Å²) in [5, 5.41) is 38.0. The summed E-state index contributed by atoms with van der Waals surface area (Å²) in [7, 11) is 0. The van der Waals surface area contributed by atoms with E-state index in [0.717, 1.165) is 5.56 Å². The van der Waals surface area contributed by atoms with Crippen LogP contribution in [-0.2, 0) is 11.2 Å². The van der Waals surface area contributed by atoms with Gasteiger partial charge < -0.3 is 25.2 Å². The first-order chi connectivity index (χ1) is 8.09. The first kappa shape index (κ1) is 12.5. The number of aliphatic hydroxyl groups excluding tert-OH is 4. The zero-order valence-electron chi connectivity index (χ0n) is 9.18. The van der Waals surface area contributed by atoms with Crippen LogP contribution in [0.4, 0.5) is 0 Å². The average Bonchev–Trinajstić information content (AvgIpc) is 2.35. The maximum Gasteiger partial charge on any atom is 0.183 e. The van der Waals surface area contributed by atoms with Gasteiger partial charge >= 0.3 is 0 Å². The van der Waals surface area contributed by atoms with Gasteiger partial charge in [0.05, 0.1) is 6.10 Å². The van der Waals surface area contributed by atoms with Crippen LogP contribution in [0.3, 0.4) is 0 Å². The quantitative estimate of drug-likeness (QED) is 0.534. The predicted octanol–water partition coefficient (Wildman–Crippen LogP) is -0.971. The van der Waals surface area contributed by atoms with Crippen molar-refractivity contribution in [3.63, 3.8) is 0 Å². The summed E-state index contributed by atoms with van der Waals surface area (Å²) in [5.74, 6) is 0. The highest BCUT2D eigenvalue weighted by atomic mass is 16.6. The third kappa shape index (κ3) is 2.65. The van der Waals surface area contributed by atoms with Gasteiger partial charge in [-0.1, -0.05) is 30.3 Å². The van der Waals surface area contributed by atoms with Gasteiger partial charge in [-0.2, -0.15) is 0 Å². The molecule has 0 aliphatic carbocycles. The number of rotatable bonds is 2. The minimum absolute atomic E-state index is 0.364. The van der Waals surface area contributed by atoms with Gasteiger partial charge in [-0.15, -0.1) is 0 Å². The van der Waals surface area contributed by atoms with Crippen LogP contribution in [-0.4, -0.2) is 51.1 Å². The van der Waals surface area contributed by atoms with Crippen molar-refractivity contribution >= 4 is 0 Å². The second kappa shape index (κ2) is 5.12. The fraction of sp³-hybridized carbons (Fsp3) is 0.500. The molecule has 5 atom stereocenters. The summed E-state index contributed by atoms with van der Waals surface area (Å²) in [6.07, 6.45) is -5.92. The molecule has 94 valence electrons. The number of benzene rings is 1. The first-order valence-corrected chi connectivity index (χ1v) is 5.51. The lowest BCUT2D eigenvalue weighted by Gasteiger charge is -2.38. The van der Waals surface area contributed by atoms with Gasteiger partial charge in [-0.05, 0) is 5.56 Å². The molecule has 0 bridgehead atoms. The van der Waals surface area contributed by atoms with E-state index in [1.54, 1.807) is 0 Å². The molecule has 1 aromatic carbocycles. The first-order valence-electron chi connectivity index (χ1n) is 5.51. The summed E-state index contributed by atoms with van der Waals surface area (Å²) in [6, 6.07) is 9.30. The van der Waals surface area contributed by atoms with Crippen LogP contribution in [0.15, 0.2) is 30.3 Å². The van der Waals surface area contributed by atoms with Crippen LogP contribution in [0.1, 0.15) is 5.56 Å². The van der Waals surface area contributed by atoms with Crippen molar-refractivity contribution < 1.29 is 25.2 Å². The molecule has 4 N–H and O–H groups in total. The van der Waals surface area contributed by atoms with Crippen LogP contribution < -0.4 is 0 Å². The summed E-state index contributed by atoms with van der Waals surface area (Å²) in [4.78, 5) is 0. The molecule has 5 nitrogen and oxygen atoms in total. The normalized spacial score (nSPS) is 38.0. The maximum atomic E-state index is 9.74. The van der Waals surface area contributed by atoms with Crippen molar-refractivity contribution in [2.75, 3.05) is 0 Å². The Balaban J connectivity index is 2.06. The highest BCUT2D eigenvalue weighted by Crippen LogP contribution is 2.22. The number of aliphatic hydroxyl groups is 4. The molecule has 17 heavy (non-hydrogen) atoms. The maximum absolute atomic E-state index is 9.74. The highest BCUT2D eigenvalue weighted by molar-refractivity contribution is 5.16. The minimum atomic E-state index is -1.47. The lowest BCUT2D eigenvalue weighted by Crippen LogP contribution is -2.57. The Morgan fingerprint density at radius 1 is 0.882 bits per heavy atom. The van der Waals surface area contributed by atoms with Crippen LogP contribution >= 0.6 is 0 Å².